The lowest BCUT2D eigenvalue weighted by Crippen LogP contribution is -2.35. The molecule has 0 aromatic carbocycles. The van der Waals surface area contributed by atoms with E-state index >= 15 is 0 Å². The minimum absolute atomic E-state index is 0.0658. The van der Waals surface area contributed by atoms with Gasteiger partial charge in [-0.3, -0.25) is 0 Å². The van der Waals surface area contributed by atoms with Crippen molar-refractivity contribution in [2.75, 3.05) is 12.5 Å². The summed E-state index contributed by atoms with van der Waals surface area (Å²) in [4.78, 5) is 3.99. The van der Waals surface area contributed by atoms with Gasteiger partial charge in [-0.15, -0.1) is 0 Å². The molecule has 1 saturated carbocycles. The number of sulfonamides is 1. The molecule has 0 atom stereocenters. The average Bonchev–Trinajstić information content (AvgIpc) is 2.91. The predicted octanol–water partition coefficient (Wildman–Crippen LogP) is 1.58. The van der Waals surface area contributed by atoms with Crippen LogP contribution in [0.2, 0.25) is 5.02 Å². The lowest BCUT2D eigenvalue weighted by Gasteiger charge is -2.23. The van der Waals surface area contributed by atoms with Crippen molar-refractivity contribution >= 4 is 27.4 Å². The first-order valence-corrected chi connectivity index (χ1v) is 7.89. The molecule has 1 aliphatic rings. The summed E-state index contributed by atoms with van der Waals surface area (Å²) in [5, 5.41) is 0.184. The molecule has 6 nitrogen and oxygen atoms in total. The number of rotatable bonds is 4. The van der Waals surface area contributed by atoms with E-state index in [1.807, 2.05) is 0 Å². The minimum atomic E-state index is -3.55. The van der Waals surface area contributed by atoms with Gasteiger partial charge in [-0.05, 0) is 18.9 Å². The van der Waals surface area contributed by atoms with Gasteiger partial charge in [0.25, 0.3) is 0 Å². The third-order valence-electron chi connectivity index (χ3n) is 3.47. The maximum absolute atomic E-state index is 12.4. The predicted molar refractivity (Wildman–Crippen MR) is 74.3 cm³/mol. The molecule has 2 rings (SSSR count). The first-order chi connectivity index (χ1) is 8.96. The minimum Gasteiger partial charge on any atom is -0.307 e. The zero-order valence-electron chi connectivity index (χ0n) is 10.6. The summed E-state index contributed by atoms with van der Waals surface area (Å²) >= 11 is 5.91. The Labute approximate surface area is 118 Å². The quantitative estimate of drug-likeness (QED) is 0.651. The number of hydrazine groups is 1. The Morgan fingerprint density at radius 1 is 1.47 bits per heavy atom. The van der Waals surface area contributed by atoms with Crippen LogP contribution in [-0.2, 0) is 10.0 Å². The lowest BCUT2D eigenvalue weighted by atomic mass is 10.3. The van der Waals surface area contributed by atoms with E-state index in [2.05, 4.69) is 10.4 Å². The maximum Gasteiger partial charge on any atom is 0.244 e. The number of pyridine rings is 1. The standard InChI is InChI=1S/C11H17ClN4O2S/c1-16(8-4-2-3-5-8)19(17,18)9-6-10(12)11(15-13)14-7-9/h6-8H,2-5,13H2,1H3,(H,14,15). The zero-order chi connectivity index (χ0) is 14.0. The largest absolute Gasteiger partial charge is 0.307 e. The fraction of sp³-hybridized carbons (Fsp3) is 0.545. The highest BCUT2D eigenvalue weighted by atomic mass is 35.5. The molecule has 0 amide bonds. The van der Waals surface area contributed by atoms with Gasteiger partial charge in [0, 0.05) is 19.3 Å². The summed E-state index contributed by atoms with van der Waals surface area (Å²) < 4.78 is 26.3. The van der Waals surface area contributed by atoms with Gasteiger partial charge in [-0.2, -0.15) is 4.31 Å². The molecular formula is C11H17ClN4O2S. The first-order valence-electron chi connectivity index (χ1n) is 6.07. The molecule has 3 N–H and O–H groups in total. The maximum atomic E-state index is 12.4. The van der Waals surface area contributed by atoms with E-state index in [9.17, 15) is 8.42 Å². The molecule has 0 radical (unpaired) electrons. The third-order valence-corrected chi connectivity index (χ3v) is 5.63. The molecule has 0 bridgehead atoms. The van der Waals surface area contributed by atoms with Crippen LogP contribution in [0.1, 0.15) is 25.7 Å². The van der Waals surface area contributed by atoms with Crippen LogP contribution in [0.25, 0.3) is 0 Å². The Hall–Kier alpha value is -0.890. The number of hydrogen-bond donors (Lipinski definition) is 2. The highest BCUT2D eigenvalue weighted by Gasteiger charge is 2.30. The Balaban J connectivity index is 2.30. The second-order valence-electron chi connectivity index (χ2n) is 4.61. The fourth-order valence-corrected chi connectivity index (χ4v) is 3.97. The number of nitrogens with one attached hydrogen (secondary N) is 1. The summed E-state index contributed by atoms with van der Waals surface area (Å²) in [5.41, 5.74) is 2.31. The SMILES string of the molecule is CN(C1CCCC1)S(=O)(=O)c1cnc(NN)c(Cl)c1. The second-order valence-corrected chi connectivity index (χ2v) is 7.01. The monoisotopic (exact) mass is 304 g/mol. The van der Waals surface area contributed by atoms with Crippen LogP contribution in [0, 0.1) is 0 Å². The van der Waals surface area contributed by atoms with Crippen LogP contribution in [0.3, 0.4) is 0 Å². The molecule has 1 aliphatic carbocycles. The van der Waals surface area contributed by atoms with Gasteiger partial charge in [-0.25, -0.2) is 19.2 Å². The van der Waals surface area contributed by atoms with Gasteiger partial charge in [-0.1, -0.05) is 24.4 Å². The third kappa shape index (κ3) is 2.84. The smallest absolute Gasteiger partial charge is 0.244 e. The van der Waals surface area contributed by atoms with Crippen LogP contribution in [0.5, 0.6) is 0 Å². The van der Waals surface area contributed by atoms with Gasteiger partial charge >= 0.3 is 0 Å². The number of aromatic nitrogens is 1. The molecule has 0 spiro atoms. The van der Waals surface area contributed by atoms with E-state index in [1.54, 1.807) is 7.05 Å². The summed E-state index contributed by atoms with van der Waals surface area (Å²) in [6, 6.07) is 1.43. The Bertz CT molecular complexity index is 558. The molecule has 19 heavy (non-hydrogen) atoms. The number of nitrogens with zero attached hydrogens (tertiary/aromatic N) is 2. The van der Waals surface area contributed by atoms with Gasteiger partial charge < -0.3 is 5.43 Å². The van der Waals surface area contributed by atoms with Gasteiger partial charge in [0.2, 0.25) is 10.0 Å². The second kappa shape index (κ2) is 5.62. The van der Waals surface area contributed by atoms with Crippen molar-refractivity contribution < 1.29 is 8.42 Å². The summed E-state index contributed by atoms with van der Waals surface area (Å²) in [6.07, 6.45) is 5.21. The van der Waals surface area contributed by atoms with E-state index in [1.165, 1.54) is 16.6 Å². The summed E-state index contributed by atoms with van der Waals surface area (Å²) in [6.45, 7) is 0. The van der Waals surface area contributed by atoms with E-state index < -0.39 is 10.0 Å². The molecule has 0 unspecified atom stereocenters. The number of anilines is 1. The molecule has 1 aromatic heterocycles. The van der Waals surface area contributed by atoms with E-state index in [-0.39, 0.29) is 21.8 Å². The molecule has 1 fully saturated rings. The molecule has 0 aliphatic heterocycles. The summed E-state index contributed by atoms with van der Waals surface area (Å²) in [7, 11) is -1.95. The van der Waals surface area contributed by atoms with Crippen molar-refractivity contribution in [2.24, 2.45) is 5.84 Å². The number of nitrogen functional groups attached to an aromatic ring is 1. The van der Waals surface area contributed by atoms with Crippen molar-refractivity contribution in [3.63, 3.8) is 0 Å². The Kier molecular flexibility index (Phi) is 4.29. The highest BCUT2D eigenvalue weighted by molar-refractivity contribution is 7.89. The molecule has 1 heterocycles. The van der Waals surface area contributed by atoms with Crippen LogP contribution in [-0.4, -0.2) is 30.8 Å². The van der Waals surface area contributed by atoms with Gasteiger partial charge in [0.05, 0.1) is 5.02 Å². The average molecular weight is 305 g/mol. The van der Waals surface area contributed by atoms with Gasteiger partial charge in [0.1, 0.15) is 4.90 Å². The topological polar surface area (TPSA) is 88.3 Å². The first kappa shape index (κ1) is 14.5. The Morgan fingerprint density at radius 3 is 2.63 bits per heavy atom. The van der Waals surface area contributed by atoms with Crippen molar-refractivity contribution in [3.8, 4) is 0 Å². The molecule has 106 valence electrons. The number of nitrogens with two attached hydrogens (primary N) is 1. The van der Waals surface area contributed by atoms with Crippen LogP contribution in [0.4, 0.5) is 5.82 Å². The van der Waals surface area contributed by atoms with E-state index in [0.717, 1.165) is 25.7 Å². The zero-order valence-corrected chi connectivity index (χ0v) is 12.2. The van der Waals surface area contributed by atoms with Crippen LogP contribution in [0.15, 0.2) is 17.2 Å². The Morgan fingerprint density at radius 2 is 2.11 bits per heavy atom. The molecule has 8 heteroatoms. The van der Waals surface area contributed by atoms with Crippen molar-refractivity contribution in [2.45, 2.75) is 36.6 Å². The van der Waals surface area contributed by atoms with Crippen molar-refractivity contribution in [1.29, 1.82) is 0 Å². The van der Waals surface area contributed by atoms with E-state index in [0.29, 0.717) is 0 Å². The summed E-state index contributed by atoms with van der Waals surface area (Å²) in [5.74, 6) is 5.47. The van der Waals surface area contributed by atoms with Crippen LogP contribution < -0.4 is 11.3 Å². The molecular weight excluding hydrogens is 288 g/mol. The van der Waals surface area contributed by atoms with Crippen LogP contribution >= 0.6 is 11.6 Å². The van der Waals surface area contributed by atoms with Crippen molar-refractivity contribution in [1.82, 2.24) is 9.29 Å². The van der Waals surface area contributed by atoms with Gasteiger partial charge in [0.15, 0.2) is 5.82 Å². The lowest BCUT2D eigenvalue weighted by molar-refractivity contribution is 0.373. The number of hydrogen-bond acceptors (Lipinski definition) is 5. The molecule has 0 saturated heterocycles. The number of halogens is 1. The highest BCUT2D eigenvalue weighted by Crippen LogP contribution is 2.29. The fourth-order valence-electron chi connectivity index (χ4n) is 2.30. The van der Waals surface area contributed by atoms with E-state index in [4.69, 9.17) is 17.4 Å². The van der Waals surface area contributed by atoms with Crippen molar-refractivity contribution in [3.05, 3.63) is 17.3 Å². The normalized spacial score (nSPS) is 17.1. The molecule has 1 aromatic rings.